The van der Waals surface area contributed by atoms with E-state index in [1.165, 1.54) is 83.5 Å². The Morgan fingerprint density at radius 3 is 1.59 bits per heavy atom. The summed E-state index contributed by atoms with van der Waals surface area (Å²) < 4.78 is 5.91. The predicted molar refractivity (Wildman–Crippen MR) is 250 cm³/mol. The van der Waals surface area contributed by atoms with Crippen LogP contribution in [0.2, 0.25) is 0 Å². The maximum atomic E-state index is 13.2. The zero-order chi connectivity index (χ0) is 42.4. The highest BCUT2D eigenvalue weighted by Crippen LogP contribution is 2.17. The quantitative estimate of drug-likeness (QED) is 0.0247. The van der Waals surface area contributed by atoms with Crippen molar-refractivity contribution in [2.45, 2.75) is 251 Å². The molecule has 0 bridgehead atoms. The average molecular weight is 812 g/mol. The van der Waals surface area contributed by atoms with Gasteiger partial charge in [0.2, 0.25) is 5.91 Å². The summed E-state index contributed by atoms with van der Waals surface area (Å²) in [5.41, 5.74) is 0. The third kappa shape index (κ3) is 40.3. The molecule has 336 valence electrons. The lowest BCUT2D eigenvalue weighted by molar-refractivity contribution is -0.151. The Kier molecular flexibility index (Phi) is 43.7. The van der Waals surface area contributed by atoms with Crippen molar-refractivity contribution >= 4 is 11.9 Å². The van der Waals surface area contributed by atoms with E-state index in [0.29, 0.717) is 19.3 Å². The number of rotatable bonds is 43. The molecule has 0 aromatic carbocycles. The first-order chi connectivity index (χ1) is 28.5. The van der Waals surface area contributed by atoms with Gasteiger partial charge in [-0.3, -0.25) is 9.59 Å². The molecule has 3 N–H and O–H groups in total. The van der Waals surface area contributed by atoms with Crippen molar-refractivity contribution in [3.8, 4) is 0 Å². The molecule has 6 nitrogen and oxygen atoms in total. The smallest absolute Gasteiger partial charge is 0.306 e. The minimum atomic E-state index is -0.795. The normalized spacial score (nSPS) is 13.8. The molecule has 0 aliphatic heterocycles. The van der Waals surface area contributed by atoms with Crippen molar-refractivity contribution in [1.29, 1.82) is 0 Å². The van der Waals surface area contributed by atoms with Crippen LogP contribution in [-0.4, -0.2) is 46.9 Å². The van der Waals surface area contributed by atoms with Crippen LogP contribution in [0.15, 0.2) is 60.8 Å². The van der Waals surface area contributed by atoms with Crippen LogP contribution in [0.1, 0.15) is 233 Å². The van der Waals surface area contributed by atoms with E-state index < -0.39 is 18.2 Å². The first-order valence-electron chi connectivity index (χ1n) is 24.5. The van der Waals surface area contributed by atoms with E-state index in [2.05, 4.69) is 86.8 Å². The lowest BCUT2D eigenvalue weighted by atomic mass is 10.0. The Balaban J connectivity index is 4.62. The second-order valence-electron chi connectivity index (χ2n) is 16.5. The summed E-state index contributed by atoms with van der Waals surface area (Å²) in [4.78, 5) is 26.1. The number of aliphatic hydroxyl groups excluding tert-OH is 2. The molecule has 0 aliphatic rings. The van der Waals surface area contributed by atoms with Gasteiger partial charge in [0.25, 0.3) is 0 Å². The number of unbranched alkanes of at least 4 members (excludes halogenated alkanes) is 23. The monoisotopic (exact) mass is 812 g/mol. The highest BCUT2D eigenvalue weighted by molar-refractivity contribution is 5.77. The van der Waals surface area contributed by atoms with Crippen molar-refractivity contribution in [1.82, 2.24) is 5.32 Å². The van der Waals surface area contributed by atoms with Gasteiger partial charge in [-0.2, -0.15) is 0 Å². The lowest BCUT2D eigenvalue weighted by Gasteiger charge is -2.24. The molecule has 0 spiro atoms. The summed E-state index contributed by atoms with van der Waals surface area (Å²) in [6.45, 7) is 6.23. The van der Waals surface area contributed by atoms with Gasteiger partial charge in [0, 0.05) is 6.42 Å². The van der Waals surface area contributed by atoms with Crippen molar-refractivity contribution in [2.24, 2.45) is 0 Å². The lowest BCUT2D eigenvalue weighted by Crippen LogP contribution is -2.46. The number of carbonyl (C=O) groups excluding carboxylic acids is 2. The van der Waals surface area contributed by atoms with Gasteiger partial charge in [-0.05, 0) is 70.6 Å². The second kappa shape index (κ2) is 45.6. The summed E-state index contributed by atoms with van der Waals surface area (Å²) in [7, 11) is 0. The van der Waals surface area contributed by atoms with E-state index in [9.17, 15) is 19.8 Å². The van der Waals surface area contributed by atoms with Crippen molar-refractivity contribution in [2.75, 3.05) is 6.61 Å². The number of hydrogen-bond acceptors (Lipinski definition) is 5. The Morgan fingerprint density at radius 1 is 0.534 bits per heavy atom. The van der Waals surface area contributed by atoms with Gasteiger partial charge in [0.15, 0.2) is 0 Å². The highest BCUT2D eigenvalue weighted by Gasteiger charge is 2.24. The van der Waals surface area contributed by atoms with E-state index in [4.69, 9.17) is 4.74 Å². The standard InChI is InChI=1S/C52H93NO5/c1-4-7-10-13-16-19-22-25-27-30-33-36-39-42-45-52(57)58-48(43-40-37-34-31-28-26-23-20-17-14-11-8-5-2)46-51(56)53-49(47-54)50(55)44-41-38-35-32-29-24-21-18-15-12-9-6-3/h7-8,10-11,14,16-17,19-20,23,48-50,54-55H,4-6,9,12-13,15,18,21-22,24-47H2,1-3H3,(H,53,56)/b10-7+,11-8+,17-14+,19-16+,23-20+. The van der Waals surface area contributed by atoms with Crippen LogP contribution >= 0.6 is 0 Å². The van der Waals surface area contributed by atoms with E-state index >= 15 is 0 Å². The summed E-state index contributed by atoms with van der Waals surface area (Å²) in [6, 6.07) is -0.710. The van der Waals surface area contributed by atoms with E-state index in [0.717, 1.165) is 103 Å². The molecule has 1 amide bonds. The molecule has 0 saturated carbocycles. The van der Waals surface area contributed by atoms with Crippen LogP contribution in [0.25, 0.3) is 0 Å². The topological polar surface area (TPSA) is 95.9 Å². The SMILES string of the molecule is CC/C=C/C=C/C=C/CCCCCCCC(CC(=O)NC(CO)C(O)CCCCCCCCCCCCCC)OC(=O)CCCCCCCCC/C=C/C/C=C/CC. The Morgan fingerprint density at radius 2 is 1.02 bits per heavy atom. The van der Waals surface area contributed by atoms with Gasteiger partial charge < -0.3 is 20.3 Å². The van der Waals surface area contributed by atoms with E-state index in [1.807, 2.05) is 0 Å². The van der Waals surface area contributed by atoms with Crippen molar-refractivity contribution in [3.63, 3.8) is 0 Å². The molecular formula is C52H93NO5. The number of esters is 1. The second-order valence-corrected chi connectivity index (χ2v) is 16.5. The van der Waals surface area contributed by atoms with Crippen LogP contribution in [0.3, 0.4) is 0 Å². The van der Waals surface area contributed by atoms with E-state index in [-0.39, 0.29) is 24.9 Å². The first kappa shape index (κ1) is 55.6. The van der Waals surface area contributed by atoms with Gasteiger partial charge in [-0.15, -0.1) is 0 Å². The maximum absolute atomic E-state index is 13.2. The van der Waals surface area contributed by atoms with Gasteiger partial charge in [0.05, 0.1) is 25.2 Å². The number of ether oxygens (including phenoxy) is 1. The summed E-state index contributed by atoms with van der Waals surface area (Å²) in [5, 5.41) is 23.7. The molecule has 0 fully saturated rings. The van der Waals surface area contributed by atoms with Gasteiger partial charge in [-0.25, -0.2) is 0 Å². The van der Waals surface area contributed by atoms with E-state index in [1.54, 1.807) is 0 Å². The number of allylic oxidation sites excluding steroid dienone is 10. The van der Waals surface area contributed by atoms with Gasteiger partial charge in [-0.1, -0.05) is 210 Å². The number of hydrogen-bond donors (Lipinski definition) is 3. The fourth-order valence-corrected chi connectivity index (χ4v) is 7.23. The number of aliphatic hydroxyl groups is 2. The summed E-state index contributed by atoms with van der Waals surface area (Å²) in [5.74, 6) is -0.504. The summed E-state index contributed by atoms with van der Waals surface area (Å²) >= 11 is 0. The van der Waals surface area contributed by atoms with Crippen LogP contribution in [-0.2, 0) is 14.3 Å². The molecule has 58 heavy (non-hydrogen) atoms. The molecule has 6 heteroatoms. The molecule has 0 heterocycles. The van der Waals surface area contributed by atoms with Crippen LogP contribution in [0.4, 0.5) is 0 Å². The number of amides is 1. The fraction of sp³-hybridized carbons (Fsp3) is 0.769. The molecule has 3 unspecified atom stereocenters. The predicted octanol–water partition coefficient (Wildman–Crippen LogP) is 14.5. The van der Waals surface area contributed by atoms with Gasteiger partial charge >= 0.3 is 5.97 Å². The van der Waals surface area contributed by atoms with Crippen LogP contribution in [0.5, 0.6) is 0 Å². The zero-order valence-electron chi connectivity index (χ0n) is 38.2. The molecule has 0 aromatic heterocycles. The fourth-order valence-electron chi connectivity index (χ4n) is 7.23. The van der Waals surface area contributed by atoms with Crippen molar-refractivity contribution < 1.29 is 24.5 Å². The maximum Gasteiger partial charge on any atom is 0.306 e. The molecule has 3 atom stereocenters. The molecule has 0 radical (unpaired) electrons. The Labute approximate surface area is 358 Å². The van der Waals surface area contributed by atoms with Crippen LogP contribution in [0, 0.1) is 0 Å². The Bertz CT molecular complexity index is 1050. The first-order valence-corrected chi connectivity index (χ1v) is 24.5. The third-order valence-corrected chi connectivity index (χ3v) is 10.9. The largest absolute Gasteiger partial charge is 0.462 e. The molecular weight excluding hydrogens is 719 g/mol. The zero-order valence-corrected chi connectivity index (χ0v) is 38.2. The van der Waals surface area contributed by atoms with Gasteiger partial charge in [0.1, 0.15) is 6.10 Å². The molecule has 0 rings (SSSR count). The number of nitrogens with one attached hydrogen (secondary N) is 1. The highest BCUT2D eigenvalue weighted by atomic mass is 16.5. The number of carbonyl (C=O) groups is 2. The average Bonchev–Trinajstić information content (AvgIpc) is 3.22. The molecule has 0 saturated heterocycles. The van der Waals surface area contributed by atoms with Crippen LogP contribution < -0.4 is 5.32 Å². The molecule has 0 aliphatic carbocycles. The summed E-state index contributed by atoms with van der Waals surface area (Å²) in [6.07, 6.45) is 55.6. The Hall–Kier alpha value is -2.44. The van der Waals surface area contributed by atoms with Crippen molar-refractivity contribution in [3.05, 3.63) is 60.8 Å². The minimum Gasteiger partial charge on any atom is -0.462 e. The third-order valence-electron chi connectivity index (χ3n) is 10.9. The minimum absolute atomic E-state index is 0.0595. The molecule has 0 aromatic rings.